The molecule has 0 bridgehead atoms. The number of carboxylic acid groups (broad SMARTS) is 1. The van der Waals surface area contributed by atoms with Crippen molar-refractivity contribution in [1.29, 1.82) is 0 Å². The highest BCUT2D eigenvalue weighted by atomic mass is 19.1. The molecular weight excluding hydrogens is 471 g/mol. The summed E-state index contributed by atoms with van der Waals surface area (Å²) in [5.41, 5.74) is -0.366. The van der Waals surface area contributed by atoms with Crippen LogP contribution in [0.2, 0.25) is 0 Å². The lowest BCUT2D eigenvalue weighted by molar-refractivity contribution is -0.132. The Morgan fingerprint density at radius 1 is 1.11 bits per heavy atom. The fraction of sp³-hybridized carbons (Fsp3) is 0.167. The molecule has 0 fully saturated rings. The molecule has 2 heterocycles. The predicted molar refractivity (Wildman–Crippen MR) is 128 cm³/mol. The van der Waals surface area contributed by atoms with Crippen molar-refractivity contribution < 1.29 is 19.0 Å². The van der Waals surface area contributed by atoms with Crippen molar-refractivity contribution >= 4 is 11.7 Å². The number of nitrogens with two attached hydrogens (primary N) is 1. The third-order valence-corrected chi connectivity index (χ3v) is 5.34. The summed E-state index contributed by atoms with van der Waals surface area (Å²) in [4.78, 5) is 41.2. The van der Waals surface area contributed by atoms with Crippen molar-refractivity contribution in [2.24, 2.45) is 4.99 Å². The van der Waals surface area contributed by atoms with Crippen LogP contribution in [0.5, 0.6) is 5.75 Å². The van der Waals surface area contributed by atoms with Crippen LogP contribution in [0.4, 0.5) is 10.1 Å². The number of dihydropyridines is 1. The van der Waals surface area contributed by atoms with E-state index in [4.69, 9.17) is 15.7 Å². The number of ether oxygens (including phenoxy) is 1. The first kappa shape index (κ1) is 24.3. The second-order valence-electron chi connectivity index (χ2n) is 7.80. The molecule has 0 spiro atoms. The molecule has 4 rings (SSSR count). The summed E-state index contributed by atoms with van der Waals surface area (Å²) in [5, 5.41) is 12.0. The van der Waals surface area contributed by atoms with Crippen LogP contribution < -0.4 is 32.9 Å². The van der Waals surface area contributed by atoms with Crippen LogP contribution in [-0.4, -0.2) is 31.4 Å². The van der Waals surface area contributed by atoms with Crippen molar-refractivity contribution in [3.63, 3.8) is 0 Å². The van der Waals surface area contributed by atoms with Crippen LogP contribution >= 0.6 is 0 Å². The second-order valence-corrected chi connectivity index (χ2v) is 7.80. The third kappa shape index (κ3) is 5.12. The van der Waals surface area contributed by atoms with E-state index in [0.717, 1.165) is 9.24 Å². The van der Waals surface area contributed by atoms with E-state index in [0.29, 0.717) is 29.3 Å². The molecule has 11 nitrogen and oxygen atoms in total. The highest BCUT2D eigenvalue weighted by Gasteiger charge is 2.14. The maximum atomic E-state index is 13.3. The Bertz CT molecular complexity index is 1550. The molecule has 1 aliphatic rings. The Labute approximate surface area is 203 Å². The molecule has 12 heteroatoms. The van der Waals surface area contributed by atoms with Gasteiger partial charge in [-0.3, -0.25) is 4.57 Å². The van der Waals surface area contributed by atoms with Crippen molar-refractivity contribution in [1.82, 2.24) is 19.1 Å². The topological polar surface area (TPSA) is 146 Å². The number of aliphatic carboxylic acids is 1. The highest BCUT2D eigenvalue weighted by Crippen LogP contribution is 2.20. The summed E-state index contributed by atoms with van der Waals surface area (Å²) in [6.07, 6.45) is 2.81. The molecular formula is C24H23FN6O5. The van der Waals surface area contributed by atoms with Gasteiger partial charge in [0.25, 0.3) is 0 Å². The van der Waals surface area contributed by atoms with Gasteiger partial charge in [-0.2, -0.15) is 4.68 Å². The number of nitrogen functional groups attached to an aromatic ring is 1. The van der Waals surface area contributed by atoms with E-state index in [1.54, 1.807) is 31.2 Å². The van der Waals surface area contributed by atoms with Gasteiger partial charge in [0, 0.05) is 12.7 Å². The molecule has 0 atom stereocenters. The minimum atomic E-state index is -1.08. The zero-order chi connectivity index (χ0) is 25.8. The first-order chi connectivity index (χ1) is 17.3. The number of rotatable bonds is 7. The number of benzene rings is 2. The molecule has 0 aliphatic carbocycles. The number of halogens is 1. The normalized spacial score (nSPS) is 13.6. The molecule has 36 heavy (non-hydrogen) atoms. The first-order valence-electron chi connectivity index (χ1n) is 10.9. The van der Waals surface area contributed by atoms with Crippen molar-refractivity contribution in [3.8, 4) is 5.75 Å². The van der Waals surface area contributed by atoms with Gasteiger partial charge in [-0.1, -0.05) is 12.1 Å². The number of nitrogens with zero attached hydrogens (tertiary/aromatic N) is 4. The Balaban J connectivity index is 1.71. The van der Waals surface area contributed by atoms with Crippen LogP contribution in [0.1, 0.15) is 12.5 Å². The fourth-order valence-electron chi connectivity index (χ4n) is 3.53. The Morgan fingerprint density at radius 3 is 2.44 bits per heavy atom. The van der Waals surface area contributed by atoms with E-state index in [9.17, 15) is 18.8 Å². The first-order valence-corrected chi connectivity index (χ1v) is 10.9. The number of aromatic nitrogens is 3. The van der Waals surface area contributed by atoms with E-state index in [2.05, 4.69) is 10.3 Å². The lowest BCUT2D eigenvalue weighted by Crippen LogP contribution is -2.57. The van der Waals surface area contributed by atoms with Crippen molar-refractivity contribution in [3.05, 3.63) is 110 Å². The minimum Gasteiger partial charge on any atom is -0.478 e. The predicted octanol–water partition coefficient (Wildman–Crippen LogP) is 0.799. The van der Waals surface area contributed by atoms with Gasteiger partial charge in [0.2, 0.25) is 5.62 Å². The molecule has 186 valence electrons. The molecule has 0 radical (unpaired) electrons. The number of nitrogens with one attached hydrogen (secondary N) is 1. The van der Waals surface area contributed by atoms with E-state index in [-0.39, 0.29) is 24.3 Å². The molecule has 4 N–H and O–H groups in total. The summed E-state index contributed by atoms with van der Waals surface area (Å²) >= 11 is 0. The summed E-state index contributed by atoms with van der Waals surface area (Å²) in [5.74, 6) is 5.37. The van der Waals surface area contributed by atoms with E-state index >= 15 is 0 Å². The number of carbonyl (C=O) groups is 1. The summed E-state index contributed by atoms with van der Waals surface area (Å²) in [7, 11) is 0. The maximum absolute atomic E-state index is 13.3. The lowest BCUT2D eigenvalue weighted by Gasteiger charge is -2.15. The van der Waals surface area contributed by atoms with Crippen LogP contribution in [0, 0.1) is 5.82 Å². The zero-order valence-electron chi connectivity index (χ0n) is 19.2. The van der Waals surface area contributed by atoms with Gasteiger partial charge in [0.05, 0.1) is 24.4 Å². The molecule has 0 amide bonds. The molecule has 3 aromatic rings. The van der Waals surface area contributed by atoms with Crippen LogP contribution in [-0.2, 0) is 17.9 Å². The smallest absolute Gasteiger partial charge is 0.353 e. The molecule has 1 aromatic heterocycles. The fourth-order valence-corrected chi connectivity index (χ4v) is 3.53. The van der Waals surface area contributed by atoms with Gasteiger partial charge in [-0.25, -0.2) is 28.3 Å². The standard InChI is InChI=1S/C24H23FN6O5/c1-2-29-23(34)30(14-15-3-5-17(25)6-4-15)22(31(26)24(29)35)28-18-7-9-19(10-8-18)36-20-11-16(21(32)33)12-27-13-20/h3-12,27H,2,13-14,26H2,1H3,(H,32,33)/b28-22-. The van der Waals surface area contributed by atoms with Gasteiger partial charge in [0.15, 0.2) is 0 Å². The van der Waals surface area contributed by atoms with Gasteiger partial charge < -0.3 is 21.0 Å². The molecule has 0 saturated heterocycles. The van der Waals surface area contributed by atoms with Crippen LogP contribution in [0.15, 0.2) is 86.7 Å². The Kier molecular flexibility index (Phi) is 6.86. The van der Waals surface area contributed by atoms with Crippen molar-refractivity contribution in [2.45, 2.75) is 20.0 Å². The largest absolute Gasteiger partial charge is 0.478 e. The molecule has 1 aliphatic heterocycles. The second kappa shape index (κ2) is 10.2. The van der Waals surface area contributed by atoms with Crippen LogP contribution in [0.3, 0.4) is 0 Å². The number of hydrogen-bond acceptors (Lipinski definition) is 7. The lowest BCUT2D eigenvalue weighted by atomic mass is 10.2. The van der Waals surface area contributed by atoms with E-state index in [1.165, 1.54) is 41.1 Å². The van der Waals surface area contributed by atoms with Crippen LogP contribution in [0.25, 0.3) is 0 Å². The van der Waals surface area contributed by atoms with Gasteiger partial charge in [-0.15, -0.1) is 0 Å². The summed E-state index contributed by atoms with van der Waals surface area (Å²) in [6, 6.07) is 12.0. The Morgan fingerprint density at radius 2 is 1.81 bits per heavy atom. The van der Waals surface area contributed by atoms with E-state index < -0.39 is 23.2 Å². The van der Waals surface area contributed by atoms with Gasteiger partial charge in [0.1, 0.15) is 17.3 Å². The quantitative estimate of drug-likeness (QED) is 0.412. The average molecular weight is 494 g/mol. The van der Waals surface area contributed by atoms with Gasteiger partial charge in [-0.05, 0) is 55.0 Å². The average Bonchev–Trinajstić information content (AvgIpc) is 2.87. The third-order valence-electron chi connectivity index (χ3n) is 5.34. The van der Waals surface area contributed by atoms with E-state index in [1.807, 2.05) is 0 Å². The maximum Gasteiger partial charge on any atom is 0.353 e. The highest BCUT2D eigenvalue weighted by molar-refractivity contribution is 5.90. The molecule has 0 unspecified atom stereocenters. The summed E-state index contributed by atoms with van der Waals surface area (Å²) in [6.45, 7) is 2.08. The zero-order valence-corrected chi connectivity index (χ0v) is 19.2. The van der Waals surface area contributed by atoms with Crippen molar-refractivity contribution in [2.75, 3.05) is 12.4 Å². The minimum absolute atomic E-state index is 0.0111. The SMILES string of the molecule is CCn1c(=O)n(N)/c(=N\c2ccc(OC3=CC(C(=O)O)=CNC3)cc2)n(Cc2ccc(F)cc2)c1=O. The summed E-state index contributed by atoms with van der Waals surface area (Å²) < 4.78 is 22.1. The Hall–Kier alpha value is -4.87. The monoisotopic (exact) mass is 494 g/mol. The number of hydrogen-bond donors (Lipinski definition) is 3. The van der Waals surface area contributed by atoms with Gasteiger partial charge >= 0.3 is 17.3 Å². The molecule has 0 saturated carbocycles. The number of carboxylic acids is 1. The molecule has 2 aromatic carbocycles.